The molecule has 0 saturated carbocycles. The molecular formula is C25H18I3O2S+. The minimum absolute atomic E-state index is 0.167. The average Bonchev–Trinajstić information content (AvgIpc) is 2.78. The predicted molar refractivity (Wildman–Crippen MR) is 152 cm³/mol. The zero-order valence-electron chi connectivity index (χ0n) is 16.3. The first-order chi connectivity index (χ1) is 15.1. The Morgan fingerprint density at radius 3 is 1.71 bits per heavy atom. The lowest BCUT2D eigenvalue weighted by atomic mass is 10.3. The zero-order valence-corrected chi connectivity index (χ0v) is 23.6. The largest absolute Gasteiger partial charge is 0.457 e. The van der Waals surface area contributed by atoms with Gasteiger partial charge in [-0.05, 0) is 116 Å². The molecule has 2 nitrogen and oxygen atoms in total. The highest BCUT2D eigenvalue weighted by molar-refractivity contribution is 14.1. The fourth-order valence-electron chi connectivity index (χ4n) is 3.04. The van der Waals surface area contributed by atoms with Crippen LogP contribution in [-0.2, 0) is 10.9 Å². The second kappa shape index (κ2) is 11.2. The minimum atomic E-state index is -0.200. The first-order valence-electron chi connectivity index (χ1n) is 9.46. The SMILES string of the molecule is Ic1cc(I)c(OCOc2cccc([S+](c3ccccc3)c3ccccc3)c2)c(I)c1. The first kappa shape index (κ1) is 23.2. The van der Waals surface area contributed by atoms with E-state index in [2.05, 4.69) is 159 Å². The predicted octanol–water partition coefficient (Wildman–Crippen LogP) is 8.01. The average molecular weight is 763 g/mol. The third-order valence-corrected chi connectivity index (χ3v) is 8.83. The van der Waals surface area contributed by atoms with Crippen LogP contribution in [-0.4, -0.2) is 6.79 Å². The van der Waals surface area contributed by atoms with Gasteiger partial charge >= 0.3 is 0 Å². The van der Waals surface area contributed by atoms with E-state index in [9.17, 15) is 0 Å². The van der Waals surface area contributed by atoms with E-state index in [-0.39, 0.29) is 17.7 Å². The topological polar surface area (TPSA) is 18.5 Å². The Hall–Kier alpha value is -0.980. The second-order valence-corrected chi connectivity index (χ2v) is 12.1. The Labute approximate surface area is 226 Å². The van der Waals surface area contributed by atoms with Crippen molar-refractivity contribution >= 4 is 78.7 Å². The van der Waals surface area contributed by atoms with E-state index in [1.165, 1.54) is 18.3 Å². The number of rotatable bonds is 7. The summed E-state index contributed by atoms with van der Waals surface area (Å²) in [6.45, 7) is 0.167. The highest BCUT2D eigenvalue weighted by atomic mass is 127. The molecule has 0 amide bonds. The molecule has 0 fully saturated rings. The Morgan fingerprint density at radius 2 is 1.13 bits per heavy atom. The Bertz CT molecular complexity index is 1090. The number of ether oxygens (including phenoxy) is 2. The van der Waals surface area contributed by atoms with Crippen molar-refractivity contribution in [1.82, 2.24) is 0 Å². The molecule has 0 aliphatic carbocycles. The van der Waals surface area contributed by atoms with Crippen LogP contribution in [0.2, 0.25) is 0 Å². The summed E-state index contributed by atoms with van der Waals surface area (Å²) in [4.78, 5) is 3.78. The van der Waals surface area contributed by atoms with Crippen molar-refractivity contribution in [2.24, 2.45) is 0 Å². The van der Waals surface area contributed by atoms with Gasteiger partial charge < -0.3 is 9.47 Å². The third kappa shape index (κ3) is 6.08. The quantitative estimate of drug-likeness (QED) is 0.108. The van der Waals surface area contributed by atoms with Gasteiger partial charge in [0.2, 0.25) is 6.79 Å². The van der Waals surface area contributed by atoms with Gasteiger partial charge in [0.1, 0.15) is 11.5 Å². The van der Waals surface area contributed by atoms with Gasteiger partial charge in [0.05, 0.1) is 18.0 Å². The maximum Gasteiger partial charge on any atom is 0.230 e. The summed E-state index contributed by atoms with van der Waals surface area (Å²) in [7, 11) is -0.200. The maximum atomic E-state index is 5.99. The van der Waals surface area contributed by atoms with E-state index >= 15 is 0 Å². The Balaban J connectivity index is 1.55. The molecule has 4 aromatic carbocycles. The molecule has 0 N–H and O–H groups in total. The number of benzene rings is 4. The molecule has 31 heavy (non-hydrogen) atoms. The molecule has 4 rings (SSSR count). The Kier molecular flexibility index (Phi) is 8.41. The highest BCUT2D eigenvalue weighted by Gasteiger charge is 2.28. The maximum absolute atomic E-state index is 5.99. The van der Waals surface area contributed by atoms with Crippen molar-refractivity contribution in [3.8, 4) is 11.5 Å². The third-order valence-electron chi connectivity index (χ3n) is 4.39. The molecule has 156 valence electrons. The summed E-state index contributed by atoms with van der Waals surface area (Å²) in [5.41, 5.74) is 0. The summed E-state index contributed by atoms with van der Waals surface area (Å²) >= 11 is 6.93. The summed E-state index contributed by atoms with van der Waals surface area (Å²) in [5, 5.41) is 0. The zero-order chi connectivity index (χ0) is 21.6. The van der Waals surface area contributed by atoms with Gasteiger partial charge in [-0.1, -0.05) is 42.5 Å². The molecule has 0 aromatic heterocycles. The van der Waals surface area contributed by atoms with Crippen molar-refractivity contribution in [2.45, 2.75) is 14.7 Å². The van der Waals surface area contributed by atoms with Crippen molar-refractivity contribution in [2.75, 3.05) is 6.79 Å². The van der Waals surface area contributed by atoms with E-state index in [4.69, 9.17) is 9.47 Å². The standard InChI is InChI=1S/C25H18I3O2S/c26-18-14-23(27)25(24(28)15-18)30-17-29-19-8-7-13-22(16-19)31(20-9-3-1-4-10-20)21-11-5-2-6-12-21/h1-16H,17H2/q+1. The lowest BCUT2D eigenvalue weighted by Crippen LogP contribution is -2.09. The van der Waals surface area contributed by atoms with Crippen molar-refractivity contribution < 1.29 is 9.47 Å². The lowest BCUT2D eigenvalue weighted by molar-refractivity contribution is 0.118. The van der Waals surface area contributed by atoms with Crippen molar-refractivity contribution in [3.05, 3.63) is 108 Å². The fourth-order valence-corrected chi connectivity index (χ4v) is 9.05. The van der Waals surface area contributed by atoms with Gasteiger partial charge in [0.25, 0.3) is 0 Å². The van der Waals surface area contributed by atoms with Crippen LogP contribution in [0.4, 0.5) is 0 Å². The number of hydrogen-bond donors (Lipinski definition) is 0. The summed E-state index contributed by atoms with van der Waals surface area (Å²) in [6.07, 6.45) is 0. The minimum Gasteiger partial charge on any atom is -0.457 e. The lowest BCUT2D eigenvalue weighted by Gasteiger charge is -2.13. The summed E-state index contributed by atoms with van der Waals surface area (Å²) in [5.74, 6) is 1.67. The monoisotopic (exact) mass is 763 g/mol. The van der Waals surface area contributed by atoms with Gasteiger partial charge in [0, 0.05) is 9.64 Å². The Morgan fingerprint density at radius 1 is 0.581 bits per heavy atom. The van der Waals surface area contributed by atoms with Gasteiger partial charge in [-0.2, -0.15) is 0 Å². The van der Waals surface area contributed by atoms with Gasteiger partial charge in [-0.15, -0.1) is 0 Å². The molecule has 4 aromatic rings. The fraction of sp³-hybridized carbons (Fsp3) is 0.0400. The number of halogens is 3. The molecule has 0 saturated heterocycles. The van der Waals surface area contributed by atoms with E-state index < -0.39 is 0 Å². The molecule has 0 aliphatic heterocycles. The molecular weight excluding hydrogens is 745 g/mol. The smallest absolute Gasteiger partial charge is 0.230 e. The molecule has 0 heterocycles. The van der Waals surface area contributed by atoms with E-state index in [0.717, 1.165) is 18.6 Å². The number of hydrogen-bond acceptors (Lipinski definition) is 2. The van der Waals surface area contributed by atoms with Crippen LogP contribution in [0.25, 0.3) is 0 Å². The molecule has 0 radical (unpaired) electrons. The van der Waals surface area contributed by atoms with Crippen LogP contribution in [0.5, 0.6) is 11.5 Å². The van der Waals surface area contributed by atoms with Crippen molar-refractivity contribution in [1.29, 1.82) is 0 Å². The van der Waals surface area contributed by atoms with Crippen molar-refractivity contribution in [3.63, 3.8) is 0 Å². The van der Waals surface area contributed by atoms with E-state index in [0.29, 0.717) is 0 Å². The van der Waals surface area contributed by atoms with Crippen LogP contribution < -0.4 is 9.47 Å². The first-order valence-corrected chi connectivity index (χ1v) is 13.9. The molecule has 0 spiro atoms. The second-order valence-electron chi connectivity index (χ2n) is 6.51. The molecule has 0 unspecified atom stereocenters. The molecule has 6 heteroatoms. The van der Waals surface area contributed by atoms with Crippen LogP contribution >= 0.6 is 67.8 Å². The molecule has 0 aliphatic rings. The molecule has 0 bridgehead atoms. The van der Waals surface area contributed by atoms with Gasteiger partial charge in [-0.3, -0.25) is 0 Å². The van der Waals surface area contributed by atoms with Gasteiger partial charge in [0.15, 0.2) is 14.7 Å². The van der Waals surface area contributed by atoms with Crippen LogP contribution in [0.1, 0.15) is 0 Å². The van der Waals surface area contributed by atoms with E-state index in [1.54, 1.807) is 0 Å². The summed E-state index contributed by atoms with van der Waals surface area (Å²) < 4.78 is 15.3. The summed E-state index contributed by atoms with van der Waals surface area (Å²) in [6, 6.07) is 33.8. The molecule has 0 atom stereocenters. The van der Waals surface area contributed by atoms with E-state index in [1.807, 2.05) is 6.07 Å². The van der Waals surface area contributed by atoms with Crippen LogP contribution in [0.3, 0.4) is 0 Å². The highest BCUT2D eigenvalue weighted by Crippen LogP contribution is 2.33. The van der Waals surface area contributed by atoms with Crippen LogP contribution in [0.15, 0.2) is 112 Å². The van der Waals surface area contributed by atoms with Gasteiger partial charge in [-0.25, -0.2) is 0 Å². The normalized spacial score (nSPS) is 10.8. The van der Waals surface area contributed by atoms with Crippen LogP contribution in [0, 0.1) is 10.7 Å².